The number of benzene rings is 1. The van der Waals surface area contributed by atoms with Gasteiger partial charge in [0.15, 0.2) is 0 Å². The molecule has 3 heterocycles. The van der Waals surface area contributed by atoms with Crippen molar-refractivity contribution in [1.82, 2.24) is 14.9 Å². The average Bonchev–Trinajstić information content (AvgIpc) is 2.74. The molecule has 2 aliphatic rings. The zero-order valence-corrected chi connectivity index (χ0v) is 17.7. The molecule has 1 atom stereocenters. The van der Waals surface area contributed by atoms with Crippen LogP contribution in [0, 0.1) is 6.92 Å². The van der Waals surface area contributed by atoms with Crippen molar-refractivity contribution >= 4 is 34.8 Å². The van der Waals surface area contributed by atoms with E-state index in [1.807, 2.05) is 44.2 Å². The minimum atomic E-state index is -1.08. The summed E-state index contributed by atoms with van der Waals surface area (Å²) in [5.74, 6) is 0.568. The Morgan fingerprint density at radius 1 is 1.23 bits per heavy atom. The summed E-state index contributed by atoms with van der Waals surface area (Å²) < 4.78 is 0. The molecule has 8 heteroatoms. The van der Waals surface area contributed by atoms with Crippen molar-refractivity contribution in [2.75, 3.05) is 10.6 Å². The number of carbonyl (C=O) groups excluding carboxylic acids is 2. The molecule has 2 aliphatic heterocycles. The number of anilines is 3. The van der Waals surface area contributed by atoms with Gasteiger partial charge in [-0.05, 0) is 50.1 Å². The third-order valence-corrected chi connectivity index (χ3v) is 5.41. The largest absolute Gasteiger partial charge is 0.340 e. The molecule has 0 aliphatic carbocycles. The van der Waals surface area contributed by atoms with Gasteiger partial charge in [-0.1, -0.05) is 19.1 Å². The Kier molecular flexibility index (Phi) is 5.37. The molecule has 1 unspecified atom stereocenters. The highest BCUT2D eigenvalue weighted by Crippen LogP contribution is 2.31. The third-order valence-electron chi connectivity index (χ3n) is 5.41. The van der Waals surface area contributed by atoms with Crippen LogP contribution in [-0.4, -0.2) is 38.1 Å². The Morgan fingerprint density at radius 3 is 2.84 bits per heavy atom. The zero-order chi connectivity index (χ0) is 22.0. The maximum atomic E-state index is 13.4. The van der Waals surface area contributed by atoms with Gasteiger partial charge < -0.3 is 15.5 Å². The second-order valence-electron chi connectivity index (χ2n) is 7.73. The first-order valence-corrected chi connectivity index (χ1v) is 10.1. The number of carbonyl (C=O) groups is 2. The van der Waals surface area contributed by atoms with Gasteiger partial charge in [0.05, 0.1) is 6.42 Å². The van der Waals surface area contributed by atoms with Gasteiger partial charge in [-0.3, -0.25) is 9.59 Å². The lowest BCUT2D eigenvalue weighted by Crippen LogP contribution is -2.58. The summed E-state index contributed by atoms with van der Waals surface area (Å²) in [7, 11) is 0. The van der Waals surface area contributed by atoms with Crippen LogP contribution in [0.25, 0.3) is 0 Å². The van der Waals surface area contributed by atoms with Crippen molar-refractivity contribution < 1.29 is 9.59 Å². The van der Waals surface area contributed by atoms with E-state index in [0.29, 0.717) is 17.3 Å². The van der Waals surface area contributed by atoms with Gasteiger partial charge in [-0.2, -0.15) is 4.99 Å². The Labute approximate surface area is 180 Å². The average molecular weight is 416 g/mol. The van der Waals surface area contributed by atoms with E-state index in [1.54, 1.807) is 30.2 Å². The minimum Gasteiger partial charge on any atom is -0.340 e. The standard InChI is InChI=1S/C23H24N6O2/c1-4-16-8-9-17(26-19-11-15(2)24-14-25-19)12-18(16)27-22(31)23(3)13-21(30)28-20-7-5-6-10-29(20)23/h5-12,14H,4,13H2,1-3H3,(H,27,31)(H,24,25,26). The molecule has 158 valence electrons. The molecule has 0 saturated carbocycles. The number of hydrogen-bond acceptors (Lipinski definition) is 6. The van der Waals surface area contributed by atoms with Gasteiger partial charge in [0.2, 0.25) is 0 Å². The first-order valence-electron chi connectivity index (χ1n) is 10.1. The number of allylic oxidation sites excluding steroid dienone is 2. The summed E-state index contributed by atoms with van der Waals surface area (Å²) in [6, 6.07) is 7.64. The van der Waals surface area contributed by atoms with Crippen LogP contribution in [-0.2, 0) is 16.0 Å². The summed E-state index contributed by atoms with van der Waals surface area (Å²) in [5.41, 5.74) is 2.25. The molecule has 2 amide bonds. The fraction of sp³-hybridized carbons (Fsp3) is 0.261. The van der Waals surface area contributed by atoms with Crippen LogP contribution in [0.3, 0.4) is 0 Å². The van der Waals surface area contributed by atoms with Crippen molar-refractivity contribution in [3.8, 4) is 0 Å². The molecule has 0 fully saturated rings. The molecule has 0 bridgehead atoms. The summed E-state index contributed by atoms with van der Waals surface area (Å²) >= 11 is 0. The molecule has 1 aromatic heterocycles. The number of amidine groups is 1. The van der Waals surface area contributed by atoms with Crippen LogP contribution in [0.4, 0.5) is 17.2 Å². The minimum absolute atomic E-state index is 0.000124. The smallest absolute Gasteiger partial charge is 0.250 e. The number of nitrogens with zero attached hydrogens (tertiary/aromatic N) is 4. The highest BCUT2D eigenvalue weighted by molar-refractivity contribution is 6.12. The molecule has 0 spiro atoms. The van der Waals surface area contributed by atoms with Crippen LogP contribution in [0.1, 0.15) is 31.5 Å². The maximum Gasteiger partial charge on any atom is 0.250 e. The van der Waals surface area contributed by atoms with E-state index in [0.717, 1.165) is 23.4 Å². The van der Waals surface area contributed by atoms with Crippen LogP contribution in [0.5, 0.6) is 0 Å². The Morgan fingerprint density at radius 2 is 2.06 bits per heavy atom. The Bertz CT molecular complexity index is 1140. The number of amides is 2. The lowest BCUT2D eigenvalue weighted by molar-refractivity contribution is -0.130. The van der Waals surface area contributed by atoms with Crippen LogP contribution < -0.4 is 10.6 Å². The number of aliphatic imine (C=N–C) groups is 1. The highest BCUT2D eigenvalue weighted by Gasteiger charge is 2.45. The van der Waals surface area contributed by atoms with Crippen LogP contribution in [0.2, 0.25) is 0 Å². The van der Waals surface area contributed by atoms with Crippen molar-refractivity contribution in [3.63, 3.8) is 0 Å². The van der Waals surface area contributed by atoms with E-state index in [-0.39, 0.29) is 18.2 Å². The number of aryl methyl sites for hydroxylation is 2. The molecule has 1 aromatic carbocycles. The second kappa shape index (κ2) is 8.14. The summed E-state index contributed by atoms with van der Waals surface area (Å²) in [6.07, 6.45) is 9.38. The summed E-state index contributed by atoms with van der Waals surface area (Å²) in [4.78, 5) is 39.8. The highest BCUT2D eigenvalue weighted by atomic mass is 16.2. The normalized spacial score (nSPS) is 19.6. The van der Waals surface area contributed by atoms with Crippen LogP contribution in [0.15, 0.2) is 60.0 Å². The van der Waals surface area contributed by atoms with Gasteiger partial charge in [0.25, 0.3) is 11.8 Å². The number of aromatic nitrogens is 2. The molecule has 8 nitrogen and oxygen atoms in total. The number of rotatable bonds is 5. The molecule has 4 rings (SSSR count). The van der Waals surface area contributed by atoms with Crippen molar-refractivity contribution in [2.45, 2.75) is 39.2 Å². The molecule has 31 heavy (non-hydrogen) atoms. The maximum absolute atomic E-state index is 13.4. The van der Waals surface area contributed by atoms with Gasteiger partial charge in [-0.25, -0.2) is 9.97 Å². The van der Waals surface area contributed by atoms with Gasteiger partial charge in [0, 0.05) is 29.3 Å². The summed E-state index contributed by atoms with van der Waals surface area (Å²) in [5, 5.41) is 6.29. The van der Waals surface area contributed by atoms with E-state index in [2.05, 4.69) is 25.6 Å². The third kappa shape index (κ3) is 4.09. The number of fused-ring (bicyclic) bond motifs is 1. The van der Waals surface area contributed by atoms with Crippen molar-refractivity contribution in [2.24, 2.45) is 4.99 Å². The first kappa shape index (κ1) is 20.5. The van der Waals surface area contributed by atoms with E-state index >= 15 is 0 Å². The lowest BCUT2D eigenvalue weighted by atomic mass is 9.91. The molecule has 2 aromatic rings. The molecule has 2 N–H and O–H groups in total. The number of hydrogen-bond donors (Lipinski definition) is 2. The van der Waals surface area contributed by atoms with E-state index in [9.17, 15) is 9.59 Å². The quantitative estimate of drug-likeness (QED) is 0.774. The Balaban J connectivity index is 1.61. The van der Waals surface area contributed by atoms with E-state index in [4.69, 9.17) is 0 Å². The monoisotopic (exact) mass is 416 g/mol. The van der Waals surface area contributed by atoms with Gasteiger partial charge >= 0.3 is 0 Å². The predicted octanol–water partition coefficient (Wildman–Crippen LogP) is 3.50. The fourth-order valence-electron chi connectivity index (χ4n) is 3.69. The second-order valence-corrected chi connectivity index (χ2v) is 7.73. The summed E-state index contributed by atoms with van der Waals surface area (Å²) in [6.45, 7) is 5.68. The predicted molar refractivity (Wildman–Crippen MR) is 120 cm³/mol. The molecule has 0 radical (unpaired) electrons. The van der Waals surface area contributed by atoms with Crippen LogP contribution >= 0.6 is 0 Å². The SMILES string of the molecule is CCc1ccc(Nc2cc(C)ncn2)cc1NC(=O)C1(C)CC(=O)N=C2C=CC=CN21. The molecule has 0 saturated heterocycles. The fourth-order valence-corrected chi connectivity index (χ4v) is 3.69. The number of nitrogens with one attached hydrogen (secondary N) is 2. The topological polar surface area (TPSA) is 99.6 Å². The van der Waals surface area contributed by atoms with Crippen molar-refractivity contribution in [1.29, 1.82) is 0 Å². The molecular weight excluding hydrogens is 392 g/mol. The van der Waals surface area contributed by atoms with E-state index < -0.39 is 5.54 Å². The Hall–Kier alpha value is -3.81. The lowest BCUT2D eigenvalue weighted by Gasteiger charge is -2.41. The van der Waals surface area contributed by atoms with Gasteiger partial charge in [-0.15, -0.1) is 0 Å². The van der Waals surface area contributed by atoms with E-state index in [1.165, 1.54) is 6.33 Å². The first-order chi connectivity index (χ1) is 14.9. The van der Waals surface area contributed by atoms with Gasteiger partial charge in [0.1, 0.15) is 23.5 Å². The molecular formula is C23H24N6O2. The zero-order valence-electron chi connectivity index (χ0n) is 17.7. The van der Waals surface area contributed by atoms with Crippen molar-refractivity contribution in [3.05, 3.63) is 66.3 Å².